The Labute approximate surface area is 101 Å². The quantitative estimate of drug-likeness (QED) is 0.667. The van der Waals surface area contributed by atoms with Crippen molar-refractivity contribution in [1.29, 1.82) is 0 Å². The number of ether oxygens (including phenoxy) is 1. The Morgan fingerprint density at radius 1 is 1.24 bits per heavy atom. The molecule has 0 radical (unpaired) electrons. The molecule has 0 saturated heterocycles. The fraction of sp³-hybridized carbons (Fsp3) is 0.917. The van der Waals surface area contributed by atoms with Crippen molar-refractivity contribution in [1.82, 2.24) is 0 Å². The third kappa shape index (κ3) is 4.96. The molecule has 5 heteroatoms. The van der Waals surface area contributed by atoms with Crippen LogP contribution in [0.25, 0.3) is 0 Å². The molecule has 0 aliphatic carbocycles. The number of rotatable bonds is 6. The molecule has 0 aliphatic rings. The van der Waals surface area contributed by atoms with Crippen LogP contribution in [0.15, 0.2) is 0 Å². The first-order valence-corrected chi connectivity index (χ1v) is 5.95. The van der Waals surface area contributed by atoms with Crippen LogP contribution in [0.1, 0.15) is 53.4 Å². The molecule has 0 aromatic carbocycles. The Bertz CT molecular complexity index is 247. The summed E-state index contributed by atoms with van der Waals surface area (Å²) in [7, 11) is 0. The van der Waals surface area contributed by atoms with Gasteiger partial charge in [0.05, 0.1) is 5.92 Å². The standard InChI is InChI=1S/C12H21F3O2/c1-5-7-8-9(6-2)10(16)17-11(3,4)12(13,14)15/h9H,5-8H2,1-4H3. The largest absolute Gasteiger partial charge is 0.450 e. The van der Waals surface area contributed by atoms with Gasteiger partial charge in [0.25, 0.3) is 0 Å². The van der Waals surface area contributed by atoms with Gasteiger partial charge in [0, 0.05) is 0 Å². The van der Waals surface area contributed by atoms with E-state index in [1.807, 2.05) is 6.92 Å². The molecule has 0 bridgehead atoms. The Morgan fingerprint density at radius 3 is 2.12 bits per heavy atom. The van der Waals surface area contributed by atoms with Gasteiger partial charge in [0.1, 0.15) is 0 Å². The highest BCUT2D eigenvalue weighted by atomic mass is 19.4. The number of hydrogen-bond donors (Lipinski definition) is 0. The zero-order chi connectivity index (χ0) is 13.7. The Morgan fingerprint density at radius 2 is 1.76 bits per heavy atom. The summed E-state index contributed by atoms with van der Waals surface area (Å²) >= 11 is 0. The molecular weight excluding hydrogens is 233 g/mol. The smallest absolute Gasteiger partial charge is 0.427 e. The van der Waals surface area contributed by atoms with Crippen molar-refractivity contribution in [3.8, 4) is 0 Å². The molecule has 1 unspecified atom stereocenters. The molecule has 0 saturated carbocycles. The van der Waals surface area contributed by atoms with Gasteiger partial charge >= 0.3 is 12.1 Å². The maximum atomic E-state index is 12.5. The van der Waals surface area contributed by atoms with Crippen molar-refractivity contribution in [3.05, 3.63) is 0 Å². The van der Waals surface area contributed by atoms with Gasteiger partial charge in [0.2, 0.25) is 5.60 Å². The van der Waals surface area contributed by atoms with Crippen LogP contribution < -0.4 is 0 Å². The zero-order valence-corrected chi connectivity index (χ0v) is 10.9. The summed E-state index contributed by atoms with van der Waals surface area (Å²) in [6.45, 7) is 5.49. The van der Waals surface area contributed by atoms with E-state index >= 15 is 0 Å². The van der Waals surface area contributed by atoms with Gasteiger partial charge in [-0.25, -0.2) is 0 Å². The van der Waals surface area contributed by atoms with Crippen molar-refractivity contribution in [2.24, 2.45) is 5.92 Å². The van der Waals surface area contributed by atoms with Gasteiger partial charge in [-0.1, -0.05) is 26.7 Å². The first-order valence-electron chi connectivity index (χ1n) is 5.95. The molecule has 0 rings (SSSR count). The monoisotopic (exact) mass is 254 g/mol. The maximum absolute atomic E-state index is 12.5. The van der Waals surface area contributed by atoms with Crippen LogP contribution in [-0.2, 0) is 9.53 Å². The van der Waals surface area contributed by atoms with Crippen LogP contribution in [0, 0.1) is 5.92 Å². The lowest BCUT2D eigenvalue weighted by Gasteiger charge is -2.29. The zero-order valence-electron chi connectivity index (χ0n) is 10.9. The summed E-state index contributed by atoms with van der Waals surface area (Å²) in [6.07, 6.45) is -1.72. The minimum absolute atomic E-state index is 0.434. The number of hydrogen-bond acceptors (Lipinski definition) is 2. The molecular formula is C12H21F3O2. The van der Waals surface area contributed by atoms with Crippen LogP contribution in [0.3, 0.4) is 0 Å². The van der Waals surface area contributed by atoms with E-state index in [1.165, 1.54) is 0 Å². The Balaban J connectivity index is 4.50. The second kappa shape index (κ2) is 6.26. The van der Waals surface area contributed by atoms with E-state index in [0.29, 0.717) is 12.8 Å². The summed E-state index contributed by atoms with van der Waals surface area (Å²) < 4.78 is 42.2. The third-order valence-corrected chi connectivity index (χ3v) is 2.77. The van der Waals surface area contributed by atoms with E-state index in [-0.39, 0.29) is 0 Å². The van der Waals surface area contributed by atoms with Crippen LogP contribution >= 0.6 is 0 Å². The summed E-state index contributed by atoms with van der Waals surface area (Å²) in [5.41, 5.74) is -2.41. The number of halogens is 3. The lowest BCUT2D eigenvalue weighted by atomic mass is 9.99. The number of esters is 1. The summed E-state index contributed by atoms with van der Waals surface area (Å²) in [6, 6.07) is 0. The van der Waals surface area contributed by atoms with Gasteiger partial charge in [-0.15, -0.1) is 0 Å². The molecule has 0 aromatic heterocycles. The van der Waals surface area contributed by atoms with Crippen molar-refractivity contribution < 1.29 is 22.7 Å². The number of alkyl halides is 3. The van der Waals surface area contributed by atoms with Gasteiger partial charge in [-0.3, -0.25) is 4.79 Å². The predicted octanol–water partition coefficient (Wildman–Crippen LogP) is 4.09. The summed E-state index contributed by atoms with van der Waals surface area (Å²) in [5, 5.41) is 0. The van der Waals surface area contributed by atoms with Crippen molar-refractivity contribution in [2.45, 2.75) is 65.2 Å². The third-order valence-electron chi connectivity index (χ3n) is 2.77. The molecule has 0 spiro atoms. The van der Waals surface area contributed by atoms with Crippen molar-refractivity contribution >= 4 is 5.97 Å². The highest BCUT2D eigenvalue weighted by Gasteiger charge is 2.51. The minimum atomic E-state index is -4.54. The van der Waals surface area contributed by atoms with Gasteiger partial charge in [-0.2, -0.15) is 13.2 Å². The SMILES string of the molecule is CCCCC(CC)C(=O)OC(C)(C)C(F)(F)F. The van der Waals surface area contributed by atoms with E-state index in [1.54, 1.807) is 6.92 Å². The second-order valence-electron chi connectivity index (χ2n) is 4.68. The van der Waals surface area contributed by atoms with Crippen molar-refractivity contribution in [2.75, 3.05) is 0 Å². The van der Waals surface area contributed by atoms with E-state index < -0.39 is 23.7 Å². The highest BCUT2D eigenvalue weighted by Crippen LogP contribution is 2.34. The van der Waals surface area contributed by atoms with Gasteiger partial charge < -0.3 is 4.74 Å². The van der Waals surface area contributed by atoms with E-state index in [4.69, 9.17) is 0 Å². The summed E-state index contributed by atoms with van der Waals surface area (Å²) in [4.78, 5) is 11.6. The molecule has 102 valence electrons. The van der Waals surface area contributed by atoms with Crippen LogP contribution in [0.2, 0.25) is 0 Å². The fourth-order valence-electron chi connectivity index (χ4n) is 1.33. The van der Waals surface area contributed by atoms with Gasteiger partial charge in [0.15, 0.2) is 0 Å². The molecule has 0 heterocycles. The predicted molar refractivity (Wildman–Crippen MR) is 59.5 cm³/mol. The maximum Gasteiger partial charge on any atom is 0.427 e. The molecule has 1 atom stereocenters. The fourth-order valence-corrected chi connectivity index (χ4v) is 1.33. The lowest BCUT2D eigenvalue weighted by Crippen LogP contribution is -2.44. The second-order valence-corrected chi connectivity index (χ2v) is 4.68. The average Bonchev–Trinajstić information content (AvgIpc) is 2.16. The van der Waals surface area contributed by atoms with Crippen LogP contribution in [0.5, 0.6) is 0 Å². The topological polar surface area (TPSA) is 26.3 Å². The average molecular weight is 254 g/mol. The van der Waals surface area contributed by atoms with E-state index in [0.717, 1.165) is 26.7 Å². The van der Waals surface area contributed by atoms with Crippen LogP contribution in [-0.4, -0.2) is 17.7 Å². The molecule has 17 heavy (non-hydrogen) atoms. The number of carbonyl (C=O) groups is 1. The summed E-state index contributed by atoms with van der Waals surface area (Å²) in [5.74, 6) is -1.18. The van der Waals surface area contributed by atoms with Crippen molar-refractivity contribution in [3.63, 3.8) is 0 Å². The Kier molecular flexibility index (Phi) is 5.99. The van der Waals surface area contributed by atoms with E-state index in [9.17, 15) is 18.0 Å². The Hall–Kier alpha value is -0.740. The first kappa shape index (κ1) is 16.3. The highest BCUT2D eigenvalue weighted by molar-refractivity contribution is 5.72. The lowest BCUT2D eigenvalue weighted by molar-refractivity contribution is -0.259. The first-order chi connectivity index (χ1) is 7.65. The molecule has 2 nitrogen and oxygen atoms in total. The molecule has 0 amide bonds. The molecule has 0 aromatic rings. The van der Waals surface area contributed by atoms with Crippen LogP contribution in [0.4, 0.5) is 13.2 Å². The van der Waals surface area contributed by atoms with E-state index in [2.05, 4.69) is 4.74 Å². The molecule has 0 aliphatic heterocycles. The number of unbranched alkanes of at least 4 members (excludes halogenated alkanes) is 1. The normalized spacial score (nSPS) is 14.5. The molecule has 0 fully saturated rings. The minimum Gasteiger partial charge on any atom is -0.450 e. The molecule has 0 N–H and O–H groups in total. The number of carbonyl (C=O) groups excluding carboxylic acids is 1. The van der Waals surface area contributed by atoms with Gasteiger partial charge in [-0.05, 0) is 26.7 Å².